The quantitative estimate of drug-likeness (QED) is 0.737. The van der Waals surface area contributed by atoms with Gasteiger partial charge in [0, 0.05) is 45.7 Å². The van der Waals surface area contributed by atoms with Crippen molar-refractivity contribution in [3.8, 4) is 5.75 Å². The molecule has 140 valence electrons. The first-order chi connectivity index (χ1) is 12.0. The van der Waals surface area contributed by atoms with Gasteiger partial charge in [0.25, 0.3) is 0 Å². The van der Waals surface area contributed by atoms with E-state index < -0.39 is 10.0 Å². The summed E-state index contributed by atoms with van der Waals surface area (Å²) in [5.74, 6) is 0.706. The molecule has 7 nitrogen and oxygen atoms in total. The molecule has 0 bridgehead atoms. The van der Waals surface area contributed by atoms with Crippen LogP contribution in [-0.2, 0) is 14.8 Å². The molecule has 1 amide bonds. The Morgan fingerprint density at radius 3 is 2.36 bits per heavy atom. The first-order valence-electron chi connectivity index (χ1n) is 8.60. The predicted octanol–water partition coefficient (Wildman–Crippen LogP) is 0.918. The van der Waals surface area contributed by atoms with Crippen LogP contribution >= 0.6 is 0 Å². The third kappa shape index (κ3) is 5.42. The average molecular weight is 369 g/mol. The van der Waals surface area contributed by atoms with Crippen molar-refractivity contribution in [3.63, 3.8) is 0 Å². The van der Waals surface area contributed by atoms with Crippen LogP contribution in [0.25, 0.3) is 0 Å². The van der Waals surface area contributed by atoms with Crippen LogP contribution in [0.3, 0.4) is 0 Å². The lowest BCUT2D eigenvalue weighted by Crippen LogP contribution is -2.50. The third-order valence-electron chi connectivity index (χ3n) is 4.26. The number of nitrogens with one attached hydrogen (secondary N) is 1. The highest BCUT2D eigenvalue weighted by atomic mass is 32.2. The number of sulfonamides is 1. The molecule has 25 heavy (non-hydrogen) atoms. The van der Waals surface area contributed by atoms with Gasteiger partial charge in [-0.25, -0.2) is 8.42 Å². The van der Waals surface area contributed by atoms with E-state index in [1.165, 1.54) is 4.31 Å². The van der Waals surface area contributed by atoms with E-state index in [1.807, 2.05) is 6.92 Å². The molecule has 0 radical (unpaired) electrons. The Balaban J connectivity index is 1.83. The van der Waals surface area contributed by atoms with Gasteiger partial charge in [-0.05, 0) is 30.7 Å². The van der Waals surface area contributed by atoms with Crippen molar-refractivity contribution >= 4 is 15.9 Å². The van der Waals surface area contributed by atoms with Crippen LogP contribution < -0.4 is 10.1 Å². The average Bonchev–Trinajstić information content (AvgIpc) is 2.62. The number of nitrogens with zero attached hydrogens (tertiary/aromatic N) is 2. The second-order valence-corrected chi connectivity index (χ2v) is 7.96. The summed E-state index contributed by atoms with van der Waals surface area (Å²) in [6, 6.07) is 6.46. The summed E-state index contributed by atoms with van der Waals surface area (Å²) in [6.07, 6.45) is 1.39. The summed E-state index contributed by atoms with van der Waals surface area (Å²) in [5, 5.41) is 2.88. The Morgan fingerprint density at radius 2 is 1.80 bits per heavy atom. The standard InChI is InChI=1S/C17H27N3O4S/c1-3-4-17(21)18-9-10-19-11-13-20(14-12-19)25(22,23)16-7-5-15(24-2)6-8-16/h5-8H,3-4,9-14H2,1-2H3,(H,18,21). The second kappa shape index (κ2) is 9.17. The monoisotopic (exact) mass is 369 g/mol. The molecule has 0 saturated carbocycles. The number of carbonyl (C=O) groups is 1. The SMILES string of the molecule is CCCC(=O)NCCN1CCN(S(=O)(=O)c2ccc(OC)cc2)CC1. The number of ether oxygens (including phenoxy) is 1. The Hall–Kier alpha value is -1.64. The minimum Gasteiger partial charge on any atom is -0.497 e. The number of methoxy groups -OCH3 is 1. The van der Waals surface area contributed by atoms with Crippen LogP contribution in [0.1, 0.15) is 19.8 Å². The van der Waals surface area contributed by atoms with Gasteiger partial charge in [-0.1, -0.05) is 6.92 Å². The molecule has 1 aliphatic heterocycles. The Kier molecular flexibility index (Phi) is 7.22. The van der Waals surface area contributed by atoms with E-state index in [0.717, 1.165) is 13.0 Å². The van der Waals surface area contributed by atoms with Crippen LogP contribution in [0.15, 0.2) is 29.2 Å². The first-order valence-corrected chi connectivity index (χ1v) is 10.0. The molecular weight excluding hydrogens is 342 g/mol. The lowest BCUT2D eigenvalue weighted by molar-refractivity contribution is -0.121. The van der Waals surface area contributed by atoms with Crippen LogP contribution in [0, 0.1) is 0 Å². The molecule has 1 N–H and O–H groups in total. The van der Waals surface area contributed by atoms with Crippen LogP contribution in [0.2, 0.25) is 0 Å². The van der Waals surface area contributed by atoms with Crippen molar-refractivity contribution in [2.75, 3.05) is 46.4 Å². The lowest BCUT2D eigenvalue weighted by atomic mass is 10.3. The molecule has 0 atom stereocenters. The molecule has 1 fully saturated rings. The van der Waals surface area contributed by atoms with E-state index in [-0.39, 0.29) is 10.8 Å². The highest BCUT2D eigenvalue weighted by Crippen LogP contribution is 2.20. The van der Waals surface area contributed by atoms with E-state index in [4.69, 9.17) is 4.74 Å². The molecule has 1 aromatic carbocycles. The van der Waals surface area contributed by atoms with Gasteiger partial charge in [0.05, 0.1) is 12.0 Å². The zero-order valence-electron chi connectivity index (χ0n) is 14.9. The number of benzene rings is 1. The van der Waals surface area contributed by atoms with Gasteiger partial charge in [-0.2, -0.15) is 4.31 Å². The topological polar surface area (TPSA) is 79.0 Å². The molecular formula is C17H27N3O4S. The minimum absolute atomic E-state index is 0.0724. The minimum atomic E-state index is -3.47. The molecule has 1 heterocycles. The van der Waals surface area contributed by atoms with Crippen LogP contribution in [0.5, 0.6) is 5.75 Å². The largest absolute Gasteiger partial charge is 0.497 e. The summed E-state index contributed by atoms with van der Waals surface area (Å²) in [6.45, 7) is 5.56. The van der Waals surface area contributed by atoms with E-state index in [0.29, 0.717) is 44.9 Å². The summed E-state index contributed by atoms with van der Waals surface area (Å²) in [4.78, 5) is 13.9. The number of piperazine rings is 1. The van der Waals surface area contributed by atoms with Gasteiger partial charge >= 0.3 is 0 Å². The van der Waals surface area contributed by atoms with Gasteiger partial charge < -0.3 is 10.1 Å². The molecule has 0 aliphatic carbocycles. The van der Waals surface area contributed by atoms with Crippen LogP contribution in [-0.4, -0.2) is 69.9 Å². The van der Waals surface area contributed by atoms with Crippen molar-refractivity contribution < 1.29 is 17.9 Å². The normalized spacial score (nSPS) is 16.6. The molecule has 2 rings (SSSR count). The number of carbonyl (C=O) groups excluding carboxylic acids is 1. The highest BCUT2D eigenvalue weighted by Gasteiger charge is 2.28. The van der Waals surface area contributed by atoms with Crippen LogP contribution in [0.4, 0.5) is 0 Å². The Labute approximate surface area is 150 Å². The summed E-state index contributed by atoms with van der Waals surface area (Å²) in [7, 11) is -1.92. The fraction of sp³-hybridized carbons (Fsp3) is 0.588. The highest BCUT2D eigenvalue weighted by molar-refractivity contribution is 7.89. The van der Waals surface area contributed by atoms with Gasteiger partial charge in [-0.3, -0.25) is 9.69 Å². The fourth-order valence-corrected chi connectivity index (χ4v) is 4.18. The molecule has 0 spiro atoms. The molecule has 1 aliphatic rings. The molecule has 0 unspecified atom stereocenters. The second-order valence-electron chi connectivity index (χ2n) is 6.02. The third-order valence-corrected chi connectivity index (χ3v) is 6.17. The molecule has 8 heteroatoms. The Morgan fingerprint density at radius 1 is 1.16 bits per heavy atom. The molecule has 1 saturated heterocycles. The predicted molar refractivity (Wildman–Crippen MR) is 96.1 cm³/mol. The van der Waals surface area contributed by atoms with Crippen molar-refractivity contribution in [1.29, 1.82) is 0 Å². The van der Waals surface area contributed by atoms with Gasteiger partial charge in [0.15, 0.2) is 0 Å². The van der Waals surface area contributed by atoms with Crippen molar-refractivity contribution in [2.24, 2.45) is 0 Å². The molecule has 1 aromatic rings. The maximum absolute atomic E-state index is 12.7. The summed E-state index contributed by atoms with van der Waals surface area (Å²) in [5.41, 5.74) is 0. The summed E-state index contributed by atoms with van der Waals surface area (Å²) < 4.78 is 31.9. The number of rotatable bonds is 8. The van der Waals surface area contributed by atoms with E-state index in [9.17, 15) is 13.2 Å². The lowest BCUT2D eigenvalue weighted by Gasteiger charge is -2.34. The number of hydrogen-bond acceptors (Lipinski definition) is 5. The maximum atomic E-state index is 12.7. The fourth-order valence-electron chi connectivity index (χ4n) is 2.76. The maximum Gasteiger partial charge on any atom is 0.243 e. The van der Waals surface area contributed by atoms with Crippen molar-refractivity contribution in [3.05, 3.63) is 24.3 Å². The van der Waals surface area contributed by atoms with Gasteiger partial charge in [-0.15, -0.1) is 0 Å². The zero-order chi connectivity index (χ0) is 18.3. The number of hydrogen-bond donors (Lipinski definition) is 1. The van der Waals surface area contributed by atoms with Gasteiger partial charge in [0.1, 0.15) is 5.75 Å². The van der Waals surface area contributed by atoms with E-state index in [2.05, 4.69) is 10.2 Å². The molecule has 0 aromatic heterocycles. The zero-order valence-corrected chi connectivity index (χ0v) is 15.7. The van der Waals surface area contributed by atoms with E-state index in [1.54, 1.807) is 31.4 Å². The van der Waals surface area contributed by atoms with Gasteiger partial charge in [0.2, 0.25) is 15.9 Å². The smallest absolute Gasteiger partial charge is 0.243 e. The summed E-state index contributed by atoms with van der Waals surface area (Å²) >= 11 is 0. The van der Waals surface area contributed by atoms with Crippen molar-refractivity contribution in [1.82, 2.24) is 14.5 Å². The Bertz CT molecular complexity index is 653. The van der Waals surface area contributed by atoms with Crippen molar-refractivity contribution in [2.45, 2.75) is 24.7 Å². The van der Waals surface area contributed by atoms with E-state index >= 15 is 0 Å². The first kappa shape index (κ1) is 19.7. The number of amides is 1.